The molecule has 0 atom stereocenters. The van der Waals surface area contributed by atoms with Crippen LogP contribution >= 0.6 is 0 Å². The molecule has 0 nitrogen and oxygen atoms in total. The molecule has 78 valence electrons. The molecule has 0 aliphatic rings. The lowest BCUT2D eigenvalue weighted by molar-refractivity contribution is 0.588. The van der Waals surface area contributed by atoms with Crippen molar-refractivity contribution in [2.75, 3.05) is 0 Å². The highest BCUT2D eigenvalue weighted by Crippen LogP contribution is 2.20. The molecule has 2 aromatic carbocycles. The van der Waals surface area contributed by atoms with Crippen molar-refractivity contribution in [1.82, 2.24) is 0 Å². The number of benzene rings is 2. The van der Waals surface area contributed by atoms with Gasteiger partial charge in [-0.2, -0.15) is 0 Å². The first-order chi connectivity index (χ1) is 7.27. The Balaban J connectivity index is 2.34. The quantitative estimate of drug-likeness (QED) is 0.684. The SMILES string of the molecule is CC(C)CCc1cccc2ccccc12. The van der Waals surface area contributed by atoms with Gasteiger partial charge in [0.1, 0.15) is 0 Å². The average molecular weight is 198 g/mol. The normalized spacial score (nSPS) is 11.1. The standard InChI is InChI=1S/C15H18/c1-12(2)10-11-14-8-5-7-13-6-3-4-9-15(13)14/h3-9,12H,10-11H2,1-2H3. The van der Waals surface area contributed by atoms with E-state index >= 15 is 0 Å². The van der Waals surface area contributed by atoms with Crippen LogP contribution in [0.1, 0.15) is 25.8 Å². The topological polar surface area (TPSA) is 0 Å². The summed E-state index contributed by atoms with van der Waals surface area (Å²) in [6, 6.07) is 15.3. The maximum Gasteiger partial charge on any atom is -0.0152 e. The van der Waals surface area contributed by atoms with E-state index in [2.05, 4.69) is 56.3 Å². The van der Waals surface area contributed by atoms with Crippen molar-refractivity contribution in [2.24, 2.45) is 5.92 Å². The molecule has 0 fully saturated rings. The third-order valence-electron chi connectivity index (χ3n) is 2.87. The molecule has 0 aromatic heterocycles. The van der Waals surface area contributed by atoms with E-state index in [1.807, 2.05) is 0 Å². The predicted molar refractivity (Wildman–Crippen MR) is 67.1 cm³/mol. The second kappa shape index (κ2) is 4.48. The number of aryl methyl sites for hydroxylation is 1. The minimum atomic E-state index is 0.781. The monoisotopic (exact) mass is 198 g/mol. The molecule has 0 aliphatic carbocycles. The molecule has 0 unspecified atom stereocenters. The molecule has 15 heavy (non-hydrogen) atoms. The van der Waals surface area contributed by atoms with Gasteiger partial charge < -0.3 is 0 Å². The molecule has 2 aromatic rings. The van der Waals surface area contributed by atoms with Crippen LogP contribution in [-0.2, 0) is 6.42 Å². The summed E-state index contributed by atoms with van der Waals surface area (Å²) in [6.45, 7) is 4.57. The molecule has 0 N–H and O–H groups in total. The Hall–Kier alpha value is -1.30. The molecule has 2 rings (SSSR count). The van der Waals surface area contributed by atoms with Gasteiger partial charge in [-0.3, -0.25) is 0 Å². The van der Waals surface area contributed by atoms with Crippen molar-refractivity contribution >= 4 is 10.8 Å². The van der Waals surface area contributed by atoms with Gasteiger partial charge >= 0.3 is 0 Å². The van der Waals surface area contributed by atoms with Crippen LogP contribution in [0.5, 0.6) is 0 Å². The van der Waals surface area contributed by atoms with Gasteiger partial charge in [-0.15, -0.1) is 0 Å². The summed E-state index contributed by atoms with van der Waals surface area (Å²) in [7, 11) is 0. The third kappa shape index (κ3) is 2.38. The number of rotatable bonds is 3. The van der Waals surface area contributed by atoms with Crippen molar-refractivity contribution in [2.45, 2.75) is 26.7 Å². The van der Waals surface area contributed by atoms with Crippen molar-refractivity contribution in [3.05, 3.63) is 48.0 Å². The Bertz CT molecular complexity index is 435. The predicted octanol–water partition coefficient (Wildman–Crippen LogP) is 4.43. The fourth-order valence-corrected chi connectivity index (χ4v) is 1.95. The molecular formula is C15H18. The van der Waals surface area contributed by atoms with Crippen molar-refractivity contribution in [3.8, 4) is 0 Å². The molecular weight excluding hydrogens is 180 g/mol. The van der Waals surface area contributed by atoms with E-state index in [4.69, 9.17) is 0 Å². The zero-order valence-electron chi connectivity index (χ0n) is 9.53. The minimum Gasteiger partial charge on any atom is -0.0628 e. The van der Waals surface area contributed by atoms with Crippen LogP contribution in [-0.4, -0.2) is 0 Å². The van der Waals surface area contributed by atoms with Gasteiger partial charge in [-0.25, -0.2) is 0 Å². The van der Waals surface area contributed by atoms with Crippen LogP contribution in [0, 0.1) is 5.92 Å². The maximum absolute atomic E-state index is 2.28. The van der Waals surface area contributed by atoms with Gasteiger partial charge in [0, 0.05) is 0 Å². The van der Waals surface area contributed by atoms with Crippen LogP contribution in [0.15, 0.2) is 42.5 Å². The summed E-state index contributed by atoms with van der Waals surface area (Å²) >= 11 is 0. The van der Waals surface area contributed by atoms with Gasteiger partial charge in [0.25, 0.3) is 0 Å². The molecule has 0 aliphatic heterocycles. The molecule has 0 heterocycles. The first-order valence-corrected chi connectivity index (χ1v) is 5.74. The lowest BCUT2D eigenvalue weighted by atomic mass is 9.97. The Kier molecular flexibility index (Phi) is 3.05. The van der Waals surface area contributed by atoms with Gasteiger partial charge in [0.05, 0.1) is 0 Å². The molecule has 0 amide bonds. The highest BCUT2D eigenvalue weighted by molar-refractivity contribution is 5.85. The summed E-state index contributed by atoms with van der Waals surface area (Å²) in [5, 5.41) is 2.78. The summed E-state index contributed by atoms with van der Waals surface area (Å²) in [6.07, 6.45) is 2.47. The van der Waals surface area contributed by atoms with Gasteiger partial charge in [-0.05, 0) is 35.1 Å². The van der Waals surface area contributed by atoms with Crippen LogP contribution in [0.4, 0.5) is 0 Å². The molecule has 0 spiro atoms. The van der Waals surface area contributed by atoms with Gasteiger partial charge in [-0.1, -0.05) is 56.3 Å². The third-order valence-corrected chi connectivity index (χ3v) is 2.87. The lowest BCUT2D eigenvalue weighted by Gasteiger charge is -2.08. The highest BCUT2D eigenvalue weighted by atomic mass is 14.1. The zero-order valence-corrected chi connectivity index (χ0v) is 9.53. The fraction of sp³-hybridized carbons (Fsp3) is 0.333. The van der Waals surface area contributed by atoms with Gasteiger partial charge in [0.15, 0.2) is 0 Å². The first-order valence-electron chi connectivity index (χ1n) is 5.74. The number of hydrogen-bond donors (Lipinski definition) is 0. The van der Waals surface area contributed by atoms with E-state index in [-0.39, 0.29) is 0 Å². The Morgan fingerprint density at radius 3 is 2.47 bits per heavy atom. The van der Waals surface area contributed by atoms with Crippen molar-refractivity contribution < 1.29 is 0 Å². The smallest absolute Gasteiger partial charge is 0.0152 e. The largest absolute Gasteiger partial charge is 0.0628 e. The van der Waals surface area contributed by atoms with Gasteiger partial charge in [0.2, 0.25) is 0 Å². The van der Waals surface area contributed by atoms with E-state index in [1.165, 1.54) is 29.2 Å². The molecule has 0 saturated heterocycles. The Morgan fingerprint density at radius 1 is 0.933 bits per heavy atom. The zero-order chi connectivity index (χ0) is 10.7. The number of hydrogen-bond acceptors (Lipinski definition) is 0. The van der Waals surface area contributed by atoms with Crippen molar-refractivity contribution in [3.63, 3.8) is 0 Å². The van der Waals surface area contributed by atoms with Crippen LogP contribution in [0.2, 0.25) is 0 Å². The number of fused-ring (bicyclic) bond motifs is 1. The van der Waals surface area contributed by atoms with E-state index in [0.29, 0.717) is 0 Å². The fourth-order valence-electron chi connectivity index (χ4n) is 1.95. The molecule has 0 bridgehead atoms. The van der Waals surface area contributed by atoms with Crippen molar-refractivity contribution in [1.29, 1.82) is 0 Å². The Labute approximate surface area is 91.9 Å². The highest BCUT2D eigenvalue weighted by Gasteiger charge is 2.01. The average Bonchev–Trinajstić information content (AvgIpc) is 2.26. The van der Waals surface area contributed by atoms with Crippen LogP contribution < -0.4 is 0 Å². The van der Waals surface area contributed by atoms with E-state index in [0.717, 1.165) is 5.92 Å². The van der Waals surface area contributed by atoms with E-state index in [1.54, 1.807) is 0 Å². The summed E-state index contributed by atoms with van der Waals surface area (Å²) in [4.78, 5) is 0. The molecule has 0 heteroatoms. The second-order valence-corrected chi connectivity index (χ2v) is 4.57. The summed E-state index contributed by atoms with van der Waals surface area (Å²) in [5.41, 5.74) is 1.49. The minimum absolute atomic E-state index is 0.781. The summed E-state index contributed by atoms with van der Waals surface area (Å²) < 4.78 is 0. The first kappa shape index (κ1) is 10.2. The van der Waals surface area contributed by atoms with E-state index in [9.17, 15) is 0 Å². The molecule has 0 saturated carbocycles. The Morgan fingerprint density at radius 2 is 1.67 bits per heavy atom. The van der Waals surface area contributed by atoms with E-state index < -0.39 is 0 Å². The van der Waals surface area contributed by atoms with Crippen LogP contribution in [0.3, 0.4) is 0 Å². The molecule has 0 radical (unpaired) electrons. The summed E-state index contributed by atoms with van der Waals surface area (Å²) in [5.74, 6) is 0.781. The maximum atomic E-state index is 2.28. The lowest BCUT2D eigenvalue weighted by Crippen LogP contribution is -1.92. The van der Waals surface area contributed by atoms with Crippen LogP contribution in [0.25, 0.3) is 10.8 Å². The second-order valence-electron chi connectivity index (χ2n) is 4.57.